The maximum absolute atomic E-state index is 12.1. The predicted octanol–water partition coefficient (Wildman–Crippen LogP) is 1.51. The van der Waals surface area contributed by atoms with E-state index in [9.17, 15) is 9.59 Å². The smallest absolute Gasteiger partial charge is 0.303 e. The van der Waals surface area contributed by atoms with E-state index in [0.29, 0.717) is 18.0 Å². The number of aliphatic carboxylic acids is 1. The van der Waals surface area contributed by atoms with Gasteiger partial charge in [0.1, 0.15) is 0 Å². The molecule has 0 aliphatic heterocycles. The summed E-state index contributed by atoms with van der Waals surface area (Å²) >= 11 is 0. The van der Waals surface area contributed by atoms with Gasteiger partial charge in [-0.2, -0.15) is 0 Å². The van der Waals surface area contributed by atoms with Crippen LogP contribution < -0.4 is 5.56 Å². The maximum Gasteiger partial charge on any atom is 0.303 e. The fourth-order valence-electron chi connectivity index (χ4n) is 1.91. The number of hydrogen-bond donors (Lipinski definition) is 1. The highest BCUT2D eigenvalue weighted by molar-refractivity contribution is 5.67. The third-order valence-corrected chi connectivity index (χ3v) is 2.92. The number of carbonyl (C=O) groups is 1. The van der Waals surface area contributed by atoms with Gasteiger partial charge >= 0.3 is 5.97 Å². The second-order valence-electron chi connectivity index (χ2n) is 4.30. The van der Waals surface area contributed by atoms with Gasteiger partial charge in [0.05, 0.1) is 0 Å². The number of hydrogen-bond acceptors (Lipinski definition) is 2. The number of rotatable bonds is 4. The molecule has 4 heteroatoms. The zero-order valence-electron chi connectivity index (χ0n) is 9.27. The van der Waals surface area contributed by atoms with Gasteiger partial charge < -0.3 is 9.67 Å². The van der Waals surface area contributed by atoms with Crippen molar-refractivity contribution in [3.05, 3.63) is 33.7 Å². The third-order valence-electron chi connectivity index (χ3n) is 2.92. The standard InChI is InChI=1S/C12H15NO3/c1-8-2-3-9(4-7-11(14)15)12(16)13(8)10-5-6-10/h2-3,10H,4-7H2,1H3,(H,14,15). The lowest BCUT2D eigenvalue weighted by atomic mass is 10.1. The average molecular weight is 221 g/mol. The van der Waals surface area contributed by atoms with Gasteiger partial charge in [-0.3, -0.25) is 9.59 Å². The quantitative estimate of drug-likeness (QED) is 0.838. The predicted molar refractivity (Wildman–Crippen MR) is 59.7 cm³/mol. The summed E-state index contributed by atoms with van der Waals surface area (Å²) in [6.45, 7) is 1.92. The summed E-state index contributed by atoms with van der Waals surface area (Å²) in [4.78, 5) is 22.5. The molecular weight excluding hydrogens is 206 g/mol. The van der Waals surface area contributed by atoms with Gasteiger partial charge in [-0.1, -0.05) is 6.07 Å². The lowest BCUT2D eigenvalue weighted by Crippen LogP contribution is -2.25. The molecule has 0 saturated heterocycles. The van der Waals surface area contributed by atoms with Gasteiger partial charge in [-0.05, 0) is 32.3 Å². The minimum absolute atomic E-state index is 0.0104. The number of aromatic nitrogens is 1. The van der Waals surface area contributed by atoms with Crippen LogP contribution in [0, 0.1) is 6.92 Å². The molecule has 0 bridgehead atoms. The monoisotopic (exact) mass is 221 g/mol. The highest BCUT2D eigenvalue weighted by atomic mass is 16.4. The Kier molecular flexibility index (Phi) is 2.81. The summed E-state index contributed by atoms with van der Waals surface area (Å²) < 4.78 is 1.80. The fraction of sp³-hybridized carbons (Fsp3) is 0.500. The molecule has 1 fully saturated rings. The van der Waals surface area contributed by atoms with Crippen molar-refractivity contribution >= 4 is 5.97 Å². The zero-order valence-corrected chi connectivity index (χ0v) is 9.27. The van der Waals surface area contributed by atoms with E-state index in [1.54, 1.807) is 10.6 Å². The molecule has 1 heterocycles. The van der Waals surface area contributed by atoms with E-state index in [1.165, 1.54) is 0 Å². The Balaban J connectivity index is 2.29. The van der Waals surface area contributed by atoms with Crippen LogP contribution in [-0.2, 0) is 11.2 Å². The van der Waals surface area contributed by atoms with E-state index in [1.807, 2.05) is 13.0 Å². The van der Waals surface area contributed by atoms with E-state index < -0.39 is 5.97 Å². The lowest BCUT2D eigenvalue weighted by molar-refractivity contribution is -0.136. The Morgan fingerprint density at radius 1 is 1.50 bits per heavy atom. The van der Waals surface area contributed by atoms with Crippen molar-refractivity contribution in [1.82, 2.24) is 4.57 Å². The Hall–Kier alpha value is -1.58. The second kappa shape index (κ2) is 4.12. The molecule has 16 heavy (non-hydrogen) atoms. The molecule has 0 atom stereocenters. The van der Waals surface area contributed by atoms with Crippen molar-refractivity contribution < 1.29 is 9.90 Å². The van der Waals surface area contributed by atoms with Gasteiger partial charge in [0.25, 0.3) is 5.56 Å². The van der Waals surface area contributed by atoms with Crippen LogP contribution in [0.1, 0.15) is 36.6 Å². The molecule has 1 aromatic heterocycles. The summed E-state index contributed by atoms with van der Waals surface area (Å²) in [5.41, 5.74) is 1.57. The molecule has 1 aromatic rings. The van der Waals surface area contributed by atoms with Crippen LogP contribution in [-0.4, -0.2) is 15.6 Å². The highest BCUT2D eigenvalue weighted by Gasteiger charge is 2.26. The van der Waals surface area contributed by atoms with Crippen molar-refractivity contribution in [3.63, 3.8) is 0 Å². The van der Waals surface area contributed by atoms with Crippen molar-refractivity contribution in [2.24, 2.45) is 0 Å². The normalized spacial score (nSPS) is 15.1. The molecule has 1 saturated carbocycles. The molecule has 1 N–H and O–H groups in total. The van der Waals surface area contributed by atoms with Crippen LogP contribution >= 0.6 is 0 Å². The lowest BCUT2D eigenvalue weighted by Gasteiger charge is -2.10. The van der Waals surface area contributed by atoms with Gasteiger partial charge in [-0.15, -0.1) is 0 Å². The Morgan fingerprint density at radius 3 is 2.75 bits per heavy atom. The van der Waals surface area contributed by atoms with Gasteiger partial charge in [0.15, 0.2) is 0 Å². The molecule has 86 valence electrons. The summed E-state index contributed by atoms with van der Waals surface area (Å²) in [7, 11) is 0. The molecule has 1 aliphatic carbocycles. The SMILES string of the molecule is Cc1ccc(CCC(=O)O)c(=O)n1C1CC1. The average Bonchev–Trinajstić information content (AvgIpc) is 3.00. The van der Waals surface area contributed by atoms with Crippen LogP contribution in [0.15, 0.2) is 16.9 Å². The third kappa shape index (κ3) is 2.15. The molecular formula is C12H15NO3. The number of aryl methyl sites for hydroxylation is 2. The Labute approximate surface area is 93.5 Å². The molecule has 0 unspecified atom stereocenters. The van der Waals surface area contributed by atoms with Crippen molar-refractivity contribution in [3.8, 4) is 0 Å². The maximum atomic E-state index is 12.1. The topological polar surface area (TPSA) is 59.3 Å². The Morgan fingerprint density at radius 2 is 2.19 bits per heavy atom. The number of pyridine rings is 1. The zero-order chi connectivity index (χ0) is 11.7. The molecule has 0 aromatic carbocycles. The van der Waals surface area contributed by atoms with Crippen LogP contribution in [0.2, 0.25) is 0 Å². The first-order valence-corrected chi connectivity index (χ1v) is 5.52. The highest BCUT2D eigenvalue weighted by Crippen LogP contribution is 2.34. The van der Waals surface area contributed by atoms with Crippen LogP contribution in [0.4, 0.5) is 0 Å². The van der Waals surface area contributed by atoms with E-state index in [0.717, 1.165) is 18.5 Å². The van der Waals surface area contributed by atoms with Crippen LogP contribution in [0.3, 0.4) is 0 Å². The molecule has 4 nitrogen and oxygen atoms in total. The van der Waals surface area contributed by atoms with Crippen molar-refractivity contribution in [2.75, 3.05) is 0 Å². The molecule has 1 aliphatic rings. The van der Waals surface area contributed by atoms with Gasteiger partial charge in [0, 0.05) is 23.7 Å². The largest absolute Gasteiger partial charge is 0.481 e. The number of carboxylic acid groups (broad SMARTS) is 1. The Bertz CT molecular complexity index is 472. The summed E-state index contributed by atoms with van der Waals surface area (Å²) in [6, 6.07) is 3.99. The second-order valence-corrected chi connectivity index (χ2v) is 4.30. The molecule has 0 radical (unpaired) electrons. The van der Waals surface area contributed by atoms with Crippen LogP contribution in [0.5, 0.6) is 0 Å². The van der Waals surface area contributed by atoms with E-state index in [2.05, 4.69) is 0 Å². The van der Waals surface area contributed by atoms with Gasteiger partial charge in [0.2, 0.25) is 0 Å². The van der Waals surface area contributed by atoms with E-state index >= 15 is 0 Å². The first kappa shape index (κ1) is 10.9. The first-order valence-electron chi connectivity index (χ1n) is 5.52. The minimum atomic E-state index is -0.863. The minimum Gasteiger partial charge on any atom is -0.481 e. The van der Waals surface area contributed by atoms with E-state index in [4.69, 9.17) is 5.11 Å². The number of nitrogens with zero attached hydrogens (tertiary/aromatic N) is 1. The number of carboxylic acids is 1. The van der Waals surface area contributed by atoms with Crippen molar-refractivity contribution in [1.29, 1.82) is 0 Å². The summed E-state index contributed by atoms with van der Waals surface area (Å²) in [5, 5.41) is 8.60. The summed E-state index contributed by atoms with van der Waals surface area (Å²) in [6.07, 6.45) is 2.45. The fourth-order valence-corrected chi connectivity index (χ4v) is 1.91. The van der Waals surface area contributed by atoms with Crippen LogP contribution in [0.25, 0.3) is 0 Å². The molecule has 0 amide bonds. The first-order chi connectivity index (χ1) is 7.59. The molecule has 2 rings (SSSR count). The molecule has 0 spiro atoms. The summed E-state index contributed by atoms with van der Waals surface area (Å²) in [5.74, 6) is -0.863. The van der Waals surface area contributed by atoms with Gasteiger partial charge in [-0.25, -0.2) is 0 Å². The van der Waals surface area contributed by atoms with E-state index in [-0.39, 0.29) is 12.0 Å². The van der Waals surface area contributed by atoms with Crippen molar-refractivity contribution in [2.45, 2.75) is 38.6 Å².